The Bertz CT molecular complexity index is 140. The van der Waals surface area contributed by atoms with Crippen molar-refractivity contribution in [2.45, 2.75) is 40.2 Å². The topological polar surface area (TPSA) is 24.1 Å². The van der Waals surface area contributed by atoms with Crippen molar-refractivity contribution in [2.75, 3.05) is 19.6 Å². The first-order valence-electron chi connectivity index (χ1n) is 6.05. The lowest BCUT2D eigenvalue weighted by Gasteiger charge is -2.26. The lowest BCUT2D eigenvalue weighted by Crippen LogP contribution is -2.37. The Labute approximate surface area is 88.8 Å². The van der Waals surface area contributed by atoms with E-state index in [1.807, 2.05) is 0 Å². The molecule has 2 N–H and O–H groups in total. The summed E-state index contributed by atoms with van der Waals surface area (Å²) in [6.45, 7) is 12.9. The van der Waals surface area contributed by atoms with Crippen LogP contribution in [0.15, 0.2) is 0 Å². The van der Waals surface area contributed by atoms with Gasteiger partial charge in [-0.1, -0.05) is 27.7 Å². The Morgan fingerprint density at radius 2 is 1.86 bits per heavy atom. The zero-order valence-corrected chi connectivity index (χ0v) is 10.1. The van der Waals surface area contributed by atoms with E-state index < -0.39 is 0 Å². The van der Waals surface area contributed by atoms with Gasteiger partial charge < -0.3 is 10.6 Å². The molecule has 1 rings (SSSR count). The number of nitrogens with one attached hydrogen (secondary N) is 2. The largest absolute Gasteiger partial charge is 0.315 e. The fourth-order valence-corrected chi connectivity index (χ4v) is 2.37. The first kappa shape index (κ1) is 12.0. The number of rotatable bonds is 5. The van der Waals surface area contributed by atoms with Crippen LogP contribution in [0.1, 0.15) is 34.1 Å². The minimum Gasteiger partial charge on any atom is -0.315 e. The summed E-state index contributed by atoms with van der Waals surface area (Å²) < 4.78 is 0. The maximum atomic E-state index is 3.68. The third-order valence-electron chi connectivity index (χ3n) is 3.42. The molecule has 0 amide bonds. The van der Waals surface area contributed by atoms with Crippen molar-refractivity contribution < 1.29 is 0 Å². The molecule has 0 aromatic carbocycles. The smallest absolute Gasteiger partial charge is 0.0204 e. The van der Waals surface area contributed by atoms with E-state index in [1.54, 1.807) is 0 Å². The SMILES string of the molecule is CC(C)C(CNC1CCNC1)C(C)C. The highest BCUT2D eigenvalue weighted by Gasteiger charge is 2.20. The second-order valence-corrected chi connectivity index (χ2v) is 5.25. The van der Waals surface area contributed by atoms with Gasteiger partial charge in [0.05, 0.1) is 0 Å². The van der Waals surface area contributed by atoms with Crippen molar-refractivity contribution >= 4 is 0 Å². The number of hydrogen-bond acceptors (Lipinski definition) is 2. The van der Waals surface area contributed by atoms with E-state index in [2.05, 4.69) is 38.3 Å². The van der Waals surface area contributed by atoms with Crippen LogP contribution < -0.4 is 10.6 Å². The van der Waals surface area contributed by atoms with Gasteiger partial charge in [-0.3, -0.25) is 0 Å². The predicted molar refractivity (Wildman–Crippen MR) is 62.4 cm³/mol. The molecular weight excluding hydrogens is 172 g/mol. The first-order valence-corrected chi connectivity index (χ1v) is 6.05. The van der Waals surface area contributed by atoms with Crippen LogP contribution in [0.5, 0.6) is 0 Å². The van der Waals surface area contributed by atoms with Gasteiger partial charge in [0.1, 0.15) is 0 Å². The molecule has 84 valence electrons. The predicted octanol–water partition coefficient (Wildman–Crippen LogP) is 1.87. The van der Waals surface area contributed by atoms with Crippen molar-refractivity contribution in [1.29, 1.82) is 0 Å². The monoisotopic (exact) mass is 198 g/mol. The minimum absolute atomic E-state index is 0.718. The van der Waals surface area contributed by atoms with Crippen molar-refractivity contribution in [2.24, 2.45) is 17.8 Å². The fraction of sp³-hybridized carbons (Fsp3) is 1.00. The van der Waals surface area contributed by atoms with Crippen LogP contribution in [0.3, 0.4) is 0 Å². The molecule has 0 spiro atoms. The molecule has 1 aliphatic rings. The average molecular weight is 198 g/mol. The van der Waals surface area contributed by atoms with Crippen LogP contribution in [0.2, 0.25) is 0 Å². The summed E-state index contributed by atoms with van der Waals surface area (Å²) in [5, 5.41) is 7.07. The van der Waals surface area contributed by atoms with Crippen LogP contribution in [-0.4, -0.2) is 25.7 Å². The summed E-state index contributed by atoms with van der Waals surface area (Å²) in [5.74, 6) is 2.39. The van der Waals surface area contributed by atoms with Gasteiger partial charge in [0, 0.05) is 12.6 Å². The van der Waals surface area contributed by atoms with E-state index in [1.165, 1.54) is 19.5 Å². The summed E-state index contributed by atoms with van der Waals surface area (Å²) in [6.07, 6.45) is 1.29. The van der Waals surface area contributed by atoms with Crippen LogP contribution in [0.25, 0.3) is 0 Å². The fourth-order valence-electron chi connectivity index (χ4n) is 2.37. The van der Waals surface area contributed by atoms with Gasteiger partial charge in [0.25, 0.3) is 0 Å². The van der Waals surface area contributed by atoms with Crippen molar-refractivity contribution in [3.8, 4) is 0 Å². The Hall–Kier alpha value is -0.0800. The molecule has 1 saturated heterocycles. The maximum absolute atomic E-state index is 3.68. The minimum atomic E-state index is 0.718. The van der Waals surface area contributed by atoms with E-state index in [0.717, 1.165) is 30.3 Å². The third kappa shape index (κ3) is 3.58. The van der Waals surface area contributed by atoms with Crippen LogP contribution in [0, 0.1) is 17.8 Å². The normalized spacial score (nSPS) is 22.9. The Balaban J connectivity index is 2.25. The molecule has 0 radical (unpaired) electrons. The maximum Gasteiger partial charge on any atom is 0.0204 e. The van der Waals surface area contributed by atoms with Crippen LogP contribution in [0.4, 0.5) is 0 Å². The second kappa shape index (κ2) is 5.72. The molecule has 14 heavy (non-hydrogen) atoms. The molecule has 2 nitrogen and oxygen atoms in total. The Morgan fingerprint density at radius 1 is 1.21 bits per heavy atom. The molecular formula is C12H26N2. The summed E-state index contributed by atoms with van der Waals surface area (Å²) >= 11 is 0. The Morgan fingerprint density at radius 3 is 2.29 bits per heavy atom. The van der Waals surface area contributed by atoms with E-state index in [4.69, 9.17) is 0 Å². The van der Waals surface area contributed by atoms with Gasteiger partial charge >= 0.3 is 0 Å². The zero-order chi connectivity index (χ0) is 10.6. The molecule has 1 aliphatic heterocycles. The van der Waals surface area contributed by atoms with Gasteiger partial charge in [-0.2, -0.15) is 0 Å². The van der Waals surface area contributed by atoms with Crippen LogP contribution >= 0.6 is 0 Å². The number of hydrogen-bond donors (Lipinski definition) is 2. The van der Waals surface area contributed by atoms with E-state index in [0.29, 0.717) is 0 Å². The van der Waals surface area contributed by atoms with E-state index in [-0.39, 0.29) is 0 Å². The molecule has 1 unspecified atom stereocenters. The van der Waals surface area contributed by atoms with Gasteiger partial charge in [-0.25, -0.2) is 0 Å². The highest BCUT2D eigenvalue weighted by Crippen LogP contribution is 2.19. The standard InChI is InChI=1S/C12H26N2/c1-9(2)12(10(3)4)8-14-11-5-6-13-7-11/h9-14H,5-8H2,1-4H3. The second-order valence-electron chi connectivity index (χ2n) is 5.25. The van der Waals surface area contributed by atoms with Crippen molar-refractivity contribution in [3.63, 3.8) is 0 Å². The molecule has 0 aromatic heterocycles. The quantitative estimate of drug-likeness (QED) is 0.704. The van der Waals surface area contributed by atoms with Crippen molar-refractivity contribution in [3.05, 3.63) is 0 Å². The highest BCUT2D eigenvalue weighted by atomic mass is 15.0. The molecule has 0 aliphatic carbocycles. The summed E-state index contributed by atoms with van der Waals surface area (Å²) in [5.41, 5.74) is 0. The van der Waals surface area contributed by atoms with Gasteiger partial charge in [0.15, 0.2) is 0 Å². The zero-order valence-electron chi connectivity index (χ0n) is 10.1. The average Bonchev–Trinajstić information content (AvgIpc) is 2.55. The molecule has 0 bridgehead atoms. The lowest BCUT2D eigenvalue weighted by molar-refractivity contribution is 0.267. The summed E-state index contributed by atoms with van der Waals surface area (Å²) in [4.78, 5) is 0. The lowest BCUT2D eigenvalue weighted by atomic mass is 9.85. The Kier molecular flexibility index (Phi) is 4.90. The van der Waals surface area contributed by atoms with Gasteiger partial charge in [-0.15, -0.1) is 0 Å². The van der Waals surface area contributed by atoms with Gasteiger partial charge in [0.2, 0.25) is 0 Å². The molecule has 1 heterocycles. The molecule has 1 fully saturated rings. The molecule has 2 heteroatoms. The molecule has 0 aromatic rings. The summed E-state index contributed by atoms with van der Waals surface area (Å²) in [7, 11) is 0. The van der Waals surface area contributed by atoms with Crippen molar-refractivity contribution in [1.82, 2.24) is 10.6 Å². The summed E-state index contributed by atoms with van der Waals surface area (Å²) in [6, 6.07) is 0.718. The third-order valence-corrected chi connectivity index (χ3v) is 3.42. The highest BCUT2D eigenvalue weighted by molar-refractivity contribution is 4.79. The molecule has 1 atom stereocenters. The molecule has 0 saturated carbocycles. The van der Waals surface area contributed by atoms with Gasteiger partial charge in [-0.05, 0) is 37.3 Å². The van der Waals surface area contributed by atoms with Crippen LogP contribution in [-0.2, 0) is 0 Å². The van der Waals surface area contributed by atoms with E-state index >= 15 is 0 Å². The van der Waals surface area contributed by atoms with E-state index in [9.17, 15) is 0 Å². The first-order chi connectivity index (χ1) is 6.61.